The molecule has 0 atom stereocenters. The average Bonchev–Trinajstić information content (AvgIpc) is 2.78. The van der Waals surface area contributed by atoms with Crippen LogP contribution in [0.1, 0.15) is 21.7 Å². The lowest BCUT2D eigenvalue weighted by Crippen LogP contribution is -2.08. The maximum Gasteiger partial charge on any atom is 0.345 e. The number of terminal acetylenes is 1. The van der Waals surface area contributed by atoms with Crippen molar-refractivity contribution in [2.24, 2.45) is 0 Å². The summed E-state index contributed by atoms with van der Waals surface area (Å²) in [6.45, 7) is 3.56. The molecule has 0 radical (unpaired) electrons. The van der Waals surface area contributed by atoms with Crippen molar-refractivity contribution in [3.8, 4) is 23.6 Å². The van der Waals surface area contributed by atoms with Crippen LogP contribution in [0.5, 0.6) is 0 Å². The van der Waals surface area contributed by atoms with Gasteiger partial charge in [-0.1, -0.05) is 23.2 Å². The lowest BCUT2D eigenvalue weighted by atomic mass is 10.0. The Kier molecular flexibility index (Phi) is 4.45. The number of esters is 1. The molecule has 2 aromatic rings. The van der Waals surface area contributed by atoms with Gasteiger partial charge in [0, 0.05) is 9.13 Å². The summed E-state index contributed by atoms with van der Waals surface area (Å²) in [5.41, 5.74) is 2.70. The fraction of sp³-hybridized carbons (Fsp3) is 0.200. The Morgan fingerprint density at radius 1 is 1.50 bits per heavy atom. The Labute approximate surface area is 130 Å². The summed E-state index contributed by atoms with van der Waals surface area (Å²) in [5, 5.41) is 4.00. The van der Waals surface area contributed by atoms with Crippen molar-refractivity contribution in [1.82, 2.24) is 5.16 Å². The molecule has 0 aliphatic carbocycles. The van der Waals surface area contributed by atoms with E-state index >= 15 is 0 Å². The molecule has 1 heterocycles. The van der Waals surface area contributed by atoms with Gasteiger partial charge in [-0.05, 0) is 48.1 Å². The SMILES string of the molecule is C#CCOC(=O)c1c(-c2c(C)cccc2I)noc1C. The minimum absolute atomic E-state index is 0.0756. The van der Waals surface area contributed by atoms with Crippen LogP contribution in [0, 0.1) is 29.8 Å². The number of rotatable bonds is 3. The Morgan fingerprint density at radius 2 is 2.25 bits per heavy atom. The van der Waals surface area contributed by atoms with E-state index < -0.39 is 5.97 Å². The standard InChI is InChI=1S/C15H12INO3/c1-4-8-19-15(18)13-10(3)20-17-14(13)12-9(2)6-5-7-11(12)16/h1,5-7H,8H2,2-3H3. The summed E-state index contributed by atoms with van der Waals surface area (Å²) in [7, 11) is 0. The third-order valence-corrected chi connectivity index (χ3v) is 3.71. The summed E-state index contributed by atoms with van der Waals surface area (Å²) >= 11 is 2.20. The van der Waals surface area contributed by atoms with Gasteiger partial charge in [-0.3, -0.25) is 0 Å². The molecule has 1 aromatic heterocycles. The van der Waals surface area contributed by atoms with Crippen molar-refractivity contribution in [3.63, 3.8) is 0 Å². The molecule has 0 amide bonds. The van der Waals surface area contributed by atoms with Gasteiger partial charge in [0.2, 0.25) is 0 Å². The van der Waals surface area contributed by atoms with E-state index in [1.54, 1.807) is 6.92 Å². The third kappa shape index (κ3) is 2.70. The fourth-order valence-electron chi connectivity index (χ4n) is 1.89. The first-order valence-corrected chi connectivity index (χ1v) is 6.96. The van der Waals surface area contributed by atoms with E-state index in [9.17, 15) is 4.79 Å². The van der Waals surface area contributed by atoms with Gasteiger partial charge in [0.15, 0.2) is 6.61 Å². The van der Waals surface area contributed by atoms with Crippen molar-refractivity contribution in [3.05, 3.63) is 38.7 Å². The van der Waals surface area contributed by atoms with Crippen molar-refractivity contribution in [2.75, 3.05) is 6.61 Å². The summed E-state index contributed by atoms with van der Waals surface area (Å²) < 4.78 is 11.1. The van der Waals surface area contributed by atoms with Crippen LogP contribution in [0.4, 0.5) is 0 Å². The van der Waals surface area contributed by atoms with E-state index in [1.807, 2.05) is 25.1 Å². The van der Waals surface area contributed by atoms with Crippen LogP contribution in [0.15, 0.2) is 22.7 Å². The van der Waals surface area contributed by atoms with Gasteiger partial charge in [-0.15, -0.1) is 6.42 Å². The van der Waals surface area contributed by atoms with E-state index in [0.29, 0.717) is 17.0 Å². The van der Waals surface area contributed by atoms with Crippen molar-refractivity contribution < 1.29 is 14.1 Å². The van der Waals surface area contributed by atoms with E-state index in [0.717, 1.165) is 14.7 Å². The summed E-state index contributed by atoms with van der Waals surface area (Å²) in [6, 6.07) is 5.85. The maximum absolute atomic E-state index is 12.1. The number of nitrogens with zero attached hydrogens (tertiary/aromatic N) is 1. The molecule has 5 heteroatoms. The minimum Gasteiger partial charge on any atom is -0.449 e. The number of hydrogen-bond acceptors (Lipinski definition) is 4. The summed E-state index contributed by atoms with van der Waals surface area (Å²) in [4.78, 5) is 12.1. The Balaban J connectivity index is 2.55. The van der Waals surface area contributed by atoms with Crippen molar-refractivity contribution in [1.29, 1.82) is 0 Å². The lowest BCUT2D eigenvalue weighted by Gasteiger charge is -2.07. The van der Waals surface area contributed by atoms with Gasteiger partial charge in [0.05, 0.1) is 0 Å². The number of carbonyl (C=O) groups is 1. The number of hydrogen-bond donors (Lipinski definition) is 0. The monoisotopic (exact) mass is 381 g/mol. The molecule has 0 saturated carbocycles. The molecule has 0 saturated heterocycles. The summed E-state index contributed by atoms with van der Waals surface area (Å²) in [6.07, 6.45) is 5.10. The van der Waals surface area contributed by atoms with Gasteiger partial charge >= 0.3 is 5.97 Å². The molecule has 0 aliphatic rings. The van der Waals surface area contributed by atoms with Crippen LogP contribution in [0.2, 0.25) is 0 Å². The highest BCUT2D eigenvalue weighted by Gasteiger charge is 2.25. The van der Waals surface area contributed by atoms with Crippen LogP contribution in [0.3, 0.4) is 0 Å². The Bertz CT molecular complexity index is 677. The predicted molar refractivity (Wildman–Crippen MR) is 83.2 cm³/mol. The molecule has 102 valence electrons. The van der Waals surface area contributed by atoms with E-state index in [2.05, 4.69) is 33.7 Å². The van der Waals surface area contributed by atoms with Crippen LogP contribution >= 0.6 is 22.6 Å². The highest BCUT2D eigenvalue weighted by Crippen LogP contribution is 2.32. The molecule has 2 rings (SSSR count). The molecule has 0 spiro atoms. The van der Waals surface area contributed by atoms with E-state index in [-0.39, 0.29) is 6.61 Å². The zero-order valence-electron chi connectivity index (χ0n) is 11.1. The fourth-order valence-corrected chi connectivity index (χ4v) is 2.78. The zero-order chi connectivity index (χ0) is 14.7. The molecule has 0 aliphatic heterocycles. The smallest absolute Gasteiger partial charge is 0.345 e. The second-order valence-corrected chi connectivity index (χ2v) is 5.34. The van der Waals surface area contributed by atoms with Crippen LogP contribution < -0.4 is 0 Å². The lowest BCUT2D eigenvalue weighted by molar-refractivity contribution is 0.0555. The number of aryl methyl sites for hydroxylation is 2. The highest BCUT2D eigenvalue weighted by atomic mass is 127. The second-order valence-electron chi connectivity index (χ2n) is 4.17. The molecule has 1 aromatic carbocycles. The second kappa shape index (κ2) is 6.09. The third-order valence-electron chi connectivity index (χ3n) is 2.81. The number of benzene rings is 1. The van der Waals surface area contributed by atoms with E-state index in [4.69, 9.17) is 15.7 Å². The topological polar surface area (TPSA) is 52.3 Å². The van der Waals surface area contributed by atoms with Crippen LogP contribution in [-0.2, 0) is 4.74 Å². The zero-order valence-corrected chi connectivity index (χ0v) is 13.2. The number of ether oxygens (including phenoxy) is 1. The van der Waals surface area contributed by atoms with Crippen LogP contribution in [0.25, 0.3) is 11.3 Å². The maximum atomic E-state index is 12.1. The normalized spacial score (nSPS) is 10.1. The first kappa shape index (κ1) is 14.6. The highest BCUT2D eigenvalue weighted by molar-refractivity contribution is 14.1. The number of aromatic nitrogens is 1. The number of halogens is 1. The van der Waals surface area contributed by atoms with E-state index in [1.165, 1.54) is 0 Å². The Hall–Kier alpha value is -1.81. The molecular weight excluding hydrogens is 369 g/mol. The number of carbonyl (C=O) groups excluding carboxylic acids is 1. The molecule has 0 N–H and O–H groups in total. The average molecular weight is 381 g/mol. The predicted octanol–water partition coefficient (Wildman–Crippen LogP) is 3.35. The quantitative estimate of drug-likeness (QED) is 0.465. The molecule has 4 nitrogen and oxygen atoms in total. The van der Waals surface area contributed by atoms with Gasteiger partial charge in [0.1, 0.15) is 17.0 Å². The molecule has 0 fully saturated rings. The first-order valence-electron chi connectivity index (χ1n) is 5.88. The van der Waals surface area contributed by atoms with Gasteiger partial charge in [-0.2, -0.15) is 0 Å². The van der Waals surface area contributed by atoms with Crippen molar-refractivity contribution >= 4 is 28.6 Å². The molecule has 20 heavy (non-hydrogen) atoms. The van der Waals surface area contributed by atoms with Gasteiger partial charge in [-0.25, -0.2) is 4.79 Å². The van der Waals surface area contributed by atoms with Gasteiger partial charge in [0.25, 0.3) is 0 Å². The largest absolute Gasteiger partial charge is 0.449 e. The van der Waals surface area contributed by atoms with Gasteiger partial charge < -0.3 is 9.26 Å². The Morgan fingerprint density at radius 3 is 2.90 bits per heavy atom. The van der Waals surface area contributed by atoms with Crippen LogP contribution in [-0.4, -0.2) is 17.7 Å². The molecular formula is C15H12INO3. The minimum atomic E-state index is -0.518. The molecule has 0 unspecified atom stereocenters. The first-order chi connectivity index (χ1) is 9.56. The van der Waals surface area contributed by atoms with Crippen molar-refractivity contribution in [2.45, 2.75) is 13.8 Å². The summed E-state index contributed by atoms with van der Waals surface area (Å²) in [5.74, 6) is 2.17. The molecule has 0 bridgehead atoms.